The van der Waals surface area contributed by atoms with Gasteiger partial charge in [-0.1, -0.05) is 30.8 Å². The van der Waals surface area contributed by atoms with Gasteiger partial charge >= 0.3 is 0 Å². The van der Waals surface area contributed by atoms with E-state index in [-0.39, 0.29) is 22.4 Å². The zero-order chi connectivity index (χ0) is 23.7. The Kier molecular flexibility index (Phi) is 6.47. The molecule has 2 aromatic heterocycles. The molecule has 170 valence electrons. The molecule has 0 aliphatic heterocycles. The number of aryl methyl sites for hydroxylation is 1. The van der Waals surface area contributed by atoms with E-state index in [1.807, 2.05) is 19.9 Å². The molecule has 0 fully saturated rings. The van der Waals surface area contributed by atoms with Crippen LogP contribution >= 0.6 is 11.8 Å². The van der Waals surface area contributed by atoms with Gasteiger partial charge < -0.3 is 4.57 Å². The fourth-order valence-corrected chi connectivity index (χ4v) is 4.83. The van der Waals surface area contributed by atoms with Crippen LogP contribution in [0.4, 0.5) is 8.78 Å². The first-order chi connectivity index (χ1) is 15.8. The lowest BCUT2D eigenvalue weighted by atomic mass is 10.2. The van der Waals surface area contributed by atoms with E-state index in [1.165, 1.54) is 6.07 Å². The second kappa shape index (κ2) is 9.31. The van der Waals surface area contributed by atoms with Gasteiger partial charge in [-0.05, 0) is 50.6 Å². The van der Waals surface area contributed by atoms with Gasteiger partial charge in [-0.25, -0.2) is 13.8 Å². The number of benzene rings is 2. The number of ketones is 1. The fraction of sp³-hybridized carbons (Fsp3) is 0.240. The summed E-state index contributed by atoms with van der Waals surface area (Å²) in [6.07, 6.45) is 0.954. The van der Waals surface area contributed by atoms with Gasteiger partial charge in [0.05, 0.1) is 22.3 Å². The molecule has 0 atom stereocenters. The molecule has 0 saturated heterocycles. The van der Waals surface area contributed by atoms with Gasteiger partial charge in [0.2, 0.25) is 0 Å². The van der Waals surface area contributed by atoms with Crippen molar-refractivity contribution in [1.29, 1.82) is 0 Å². The molecule has 0 unspecified atom stereocenters. The third-order valence-electron chi connectivity index (χ3n) is 5.55. The molecule has 0 radical (unpaired) electrons. The maximum atomic E-state index is 14.6. The van der Waals surface area contributed by atoms with Gasteiger partial charge in [0, 0.05) is 29.6 Å². The average Bonchev–Trinajstić information content (AvgIpc) is 3.07. The highest BCUT2D eigenvalue weighted by atomic mass is 32.2. The van der Waals surface area contributed by atoms with Crippen LogP contribution in [0, 0.1) is 25.5 Å². The summed E-state index contributed by atoms with van der Waals surface area (Å²) in [7, 11) is 0. The molecule has 4 aromatic rings. The molecule has 0 N–H and O–H groups in total. The number of fused-ring (bicyclic) bond motifs is 1. The molecule has 2 heterocycles. The SMILES string of the molecule is CCCn1c(C)cc(C(=O)CSc2nc3ccccc3c(=O)n2-c2ccc(F)cc2F)c1C. The van der Waals surface area contributed by atoms with Crippen molar-refractivity contribution in [3.05, 3.63) is 87.5 Å². The predicted octanol–water partition coefficient (Wildman–Crippen LogP) is 5.47. The summed E-state index contributed by atoms with van der Waals surface area (Å²) >= 11 is 1.06. The molecule has 2 aromatic carbocycles. The number of rotatable bonds is 7. The quantitative estimate of drug-likeness (QED) is 0.206. The van der Waals surface area contributed by atoms with Crippen molar-refractivity contribution >= 4 is 28.4 Å². The Bertz CT molecular complexity index is 1430. The van der Waals surface area contributed by atoms with Crippen LogP contribution in [-0.4, -0.2) is 25.7 Å². The number of thioether (sulfide) groups is 1. The molecule has 5 nitrogen and oxygen atoms in total. The van der Waals surface area contributed by atoms with E-state index in [0.29, 0.717) is 16.5 Å². The van der Waals surface area contributed by atoms with Gasteiger partial charge in [-0.15, -0.1) is 0 Å². The minimum Gasteiger partial charge on any atom is -0.348 e. The average molecular weight is 468 g/mol. The van der Waals surface area contributed by atoms with Crippen molar-refractivity contribution in [3.63, 3.8) is 0 Å². The molecule has 4 rings (SSSR count). The first-order valence-corrected chi connectivity index (χ1v) is 11.6. The Labute approximate surface area is 194 Å². The maximum Gasteiger partial charge on any atom is 0.266 e. The highest BCUT2D eigenvalue weighted by Crippen LogP contribution is 2.25. The second-order valence-electron chi connectivity index (χ2n) is 7.80. The molecule has 0 aliphatic rings. The summed E-state index contributed by atoms with van der Waals surface area (Å²) in [5.41, 5.74) is 2.37. The largest absolute Gasteiger partial charge is 0.348 e. The number of carbonyl (C=O) groups excluding carboxylic acids is 1. The summed E-state index contributed by atoms with van der Waals surface area (Å²) in [5, 5.41) is 0.472. The van der Waals surface area contributed by atoms with E-state index in [1.54, 1.807) is 24.3 Å². The van der Waals surface area contributed by atoms with Crippen molar-refractivity contribution in [3.8, 4) is 5.69 Å². The van der Waals surface area contributed by atoms with Crippen molar-refractivity contribution in [2.24, 2.45) is 0 Å². The lowest BCUT2D eigenvalue weighted by Gasteiger charge is -2.14. The molecule has 33 heavy (non-hydrogen) atoms. The van der Waals surface area contributed by atoms with Crippen LogP contribution < -0.4 is 5.56 Å². The maximum absolute atomic E-state index is 14.6. The Morgan fingerprint density at radius 3 is 2.58 bits per heavy atom. The highest BCUT2D eigenvalue weighted by molar-refractivity contribution is 7.99. The number of para-hydroxylation sites is 1. The van der Waals surface area contributed by atoms with Crippen LogP contribution in [0.25, 0.3) is 16.6 Å². The molecular weight excluding hydrogens is 444 g/mol. The van der Waals surface area contributed by atoms with Crippen LogP contribution in [0.1, 0.15) is 35.1 Å². The van der Waals surface area contributed by atoms with Crippen LogP contribution in [0.5, 0.6) is 0 Å². The Balaban J connectivity index is 1.75. The molecule has 0 aliphatic carbocycles. The van der Waals surface area contributed by atoms with Crippen molar-refractivity contribution in [2.45, 2.75) is 38.9 Å². The van der Waals surface area contributed by atoms with E-state index < -0.39 is 17.2 Å². The fourth-order valence-electron chi connectivity index (χ4n) is 3.94. The smallest absolute Gasteiger partial charge is 0.266 e. The normalized spacial score (nSPS) is 11.3. The van der Waals surface area contributed by atoms with Gasteiger partial charge in [-0.2, -0.15) is 0 Å². The predicted molar refractivity (Wildman–Crippen MR) is 127 cm³/mol. The van der Waals surface area contributed by atoms with Crippen LogP contribution in [-0.2, 0) is 6.54 Å². The number of halogens is 2. The lowest BCUT2D eigenvalue weighted by Crippen LogP contribution is -2.23. The Morgan fingerprint density at radius 2 is 1.85 bits per heavy atom. The first-order valence-electron chi connectivity index (χ1n) is 10.6. The first kappa shape index (κ1) is 22.9. The van der Waals surface area contributed by atoms with Gasteiger partial charge in [0.25, 0.3) is 5.56 Å². The molecular formula is C25H23F2N3O2S. The molecule has 0 amide bonds. The summed E-state index contributed by atoms with van der Waals surface area (Å²) in [5.74, 6) is -1.72. The van der Waals surface area contributed by atoms with Crippen LogP contribution in [0.3, 0.4) is 0 Å². The topological polar surface area (TPSA) is 56.9 Å². The van der Waals surface area contributed by atoms with Crippen molar-refractivity contribution in [1.82, 2.24) is 14.1 Å². The summed E-state index contributed by atoms with van der Waals surface area (Å²) in [4.78, 5) is 30.8. The monoisotopic (exact) mass is 467 g/mol. The van der Waals surface area contributed by atoms with E-state index in [2.05, 4.69) is 16.5 Å². The molecule has 0 bridgehead atoms. The number of hydrogen-bond acceptors (Lipinski definition) is 4. The zero-order valence-corrected chi connectivity index (χ0v) is 19.4. The number of nitrogens with zero attached hydrogens (tertiary/aromatic N) is 3. The number of carbonyl (C=O) groups is 1. The van der Waals surface area contributed by atoms with Gasteiger partial charge in [0.15, 0.2) is 10.9 Å². The van der Waals surface area contributed by atoms with E-state index in [0.717, 1.165) is 52.8 Å². The van der Waals surface area contributed by atoms with Crippen molar-refractivity contribution in [2.75, 3.05) is 5.75 Å². The molecule has 8 heteroatoms. The third-order valence-corrected chi connectivity index (χ3v) is 6.49. The van der Waals surface area contributed by atoms with E-state index in [4.69, 9.17) is 0 Å². The van der Waals surface area contributed by atoms with Gasteiger partial charge in [-0.3, -0.25) is 14.2 Å². The Morgan fingerprint density at radius 1 is 1.09 bits per heavy atom. The summed E-state index contributed by atoms with van der Waals surface area (Å²) in [6, 6.07) is 11.6. The number of aromatic nitrogens is 3. The standard InChI is InChI=1S/C25H23F2N3O2S/c1-4-11-29-15(2)12-19(16(29)3)23(31)14-33-25-28-21-8-6-5-7-18(21)24(32)30(25)22-10-9-17(26)13-20(22)27/h5-10,12-13H,4,11,14H2,1-3H3. The minimum atomic E-state index is -0.884. The number of Topliss-reactive ketones (excluding diaryl/α,β-unsaturated/α-hetero) is 1. The van der Waals surface area contributed by atoms with E-state index in [9.17, 15) is 18.4 Å². The number of hydrogen-bond donors (Lipinski definition) is 0. The zero-order valence-electron chi connectivity index (χ0n) is 18.6. The second-order valence-corrected chi connectivity index (χ2v) is 8.74. The summed E-state index contributed by atoms with van der Waals surface area (Å²) < 4.78 is 31.3. The molecule has 0 saturated carbocycles. The molecule has 0 spiro atoms. The summed E-state index contributed by atoms with van der Waals surface area (Å²) in [6.45, 7) is 6.79. The van der Waals surface area contributed by atoms with E-state index >= 15 is 0 Å². The van der Waals surface area contributed by atoms with Crippen LogP contribution in [0.2, 0.25) is 0 Å². The van der Waals surface area contributed by atoms with Gasteiger partial charge in [0.1, 0.15) is 11.6 Å². The highest BCUT2D eigenvalue weighted by Gasteiger charge is 2.20. The third kappa shape index (κ3) is 4.35. The minimum absolute atomic E-state index is 0.0179. The van der Waals surface area contributed by atoms with Crippen LogP contribution in [0.15, 0.2) is 58.5 Å². The van der Waals surface area contributed by atoms with Crippen molar-refractivity contribution < 1.29 is 13.6 Å². The Hall–Kier alpha value is -3.26. The lowest BCUT2D eigenvalue weighted by molar-refractivity contribution is 0.102.